The predicted octanol–water partition coefficient (Wildman–Crippen LogP) is 1.54. The molecule has 1 atom stereocenters. The zero-order chi connectivity index (χ0) is 18.0. The van der Waals surface area contributed by atoms with Gasteiger partial charge in [0.2, 0.25) is 5.91 Å². The van der Waals surface area contributed by atoms with E-state index in [1.165, 1.54) is 0 Å². The lowest BCUT2D eigenvalue weighted by molar-refractivity contribution is -0.139. The summed E-state index contributed by atoms with van der Waals surface area (Å²) in [6.45, 7) is 3.95. The van der Waals surface area contributed by atoms with Crippen molar-refractivity contribution in [3.8, 4) is 5.75 Å². The van der Waals surface area contributed by atoms with Gasteiger partial charge in [-0.25, -0.2) is 0 Å². The zero-order valence-electron chi connectivity index (χ0n) is 14.7. The minimum Gasteiger partial charge on any atom is -0.507 e. The van der Waals surface area contributed by atoms with Crippen LogP contribution in [0.25, 0.3) is 0 Å². The normalized spacial score (nSPS) is 24.0. The van der Waals surface area contributed by atoms with E-state index in [1.54, 1.807) is 30.0 Å². The SMILES string of the molecule is Cc1cccc(C(=O)N2CCC[C@]3(CCC(=O)N(CCO)C3)C2)c1O. The topological polar surface area (TPSA) is 81.1 Å². The van der Waals surface area contributed by atoms with Crippen LogP contribution in [0.3, 0.4) is 0 Å². The van der Waals surface area contributed by atoms with Crippen molar-refractivity contribution >= 4 is 11.8 Å². The highest BCUT2D eigenvalue weighted by molar-refractivity contribution is 5.97. The Labute approximate surface area is 148 Å². The first kappa shape index (κ1) is 17.7. The Morgan fingerprint density at radius 2 is 2.08 bits per heavy atom. The van der Waals surface area contributed by atoms with Crippen LogP contribution in [0.2, 0.25) is 0 Å². The number of aliphatic hydroxyl groups is 1. The number of phenolic OH excluding ortho intramolecular Hbond substituents is 1. The Morgan fingerprint density at radius 1 is 1.28 bits per heavy atom. The molecule has 1 aromatic carbocycles. The zero-order valence-corrected chi connectivity index (χ0v) is 14.7. The van der Waals surface area contributed by atoms with Crippen molar-refractivity contribution < 1.29 is 19.8 Å². The first-order chi connectivity index (χ1) is 12.0. The molecule has 136 valence electrons. The summed E-state index contributed by atoms with van der Waals surface area (Å²) in [5.41, 5.74) is 0.933. The minimum absolute atomic E-state index is 0.0401. The van der Waals surface area contributed by atoms with E-state index in [4.69, 9.17) is 0 Å². The van der Waals surface area contributed by atoms with Crippen molar-refractivity contribution in [3.63, 3.8) is 0 Å². The molecule has 6 nitrogen and oxygen atoms in total. The van der Waals surface area contributed by atoms with E-state index < -0.39 is 0 Å². The van der Waals surface area contributed by atoms with Gasteiger partial charge in [0.25, 0.3) is 5.91 Å². The number of benzene rings is 1. The average Bonchev–Trinajstić information content (AvgIpc) is 2.61. The highest BCUT2D eigenvalue weighted by Crippen LogP contribution is 2.39. The van der Waals surface area contributed by atoms with Gasteiger partial charge >= 0.3 is 0 Å². The largest absolute Gasteiger partial charge is 0.507 e. The first-order valence-corrected chi connectivity index (χ1v) is 8.92. The molecule has 2 heterocycles. The number of hydrogen-bond donors (Lipinski definition) is 2. The van der Waals surface area contributed by atoms with E-state index in [1.807, 2.05) is 4.90 Å². The van der Waals surface area contributed by atoms with Crippen LogP contribution in [0.1, 0.15) is 41.6 Å². The average molecular weight is 346 g/mol. The monoisotopic (exact) mass is 346 g/mol. The molecule has 0 unspecified atom stereocenters. The van der Waals surface area contributed by atoms with Crippen molar-refractivity contribution in [2.75, 3.05) is 32.8 Å². The number of piperidine rings is 2. The van der Waals surface area contributed by atoms with Crippen LogP contribution < -0.4 is 0 Å². The molecule has 2 amide bonds. The fraction of sp³-hybridized carbons (Fsp3) is 0.579. The summed E-state index contributed by atoms with van der Waals surface area (Å²) < 4.78 is 0. The molecule has 1 aromatic rings. The molecule has 2 aliphatic heterocycles. The number of aliphatic hydroxyl groups excluding tert-OH is 1. The van der Waals surface area contributed by atoms with Crippen molar-refractivity contribution in [3.05, 3.63) is 29.3 Å². The molecule has 25 heavy (non-hydrogen) atoms. The summed E-state index contributed by atoms with van der Waals surface area (Å²) in [4.78, 5) is 28.5. The second-order valence-electron chi connectivity index (χ2n) is 7.34. The van der Waals surface area contributed by atoms with Gasteiger partial charge in [-0.15, -0.1) is 0 Å². The lowest BCUT2D eigenvalue weighted by atomic mass is 9.73. The molecular formula is C19H26N2O4. The van der Waals surface area contributed by atoms with Crippen LogP contribution in [0.15, 0.2) is 18.2 Å². The van der Waals surface area contributed by atoms with Crippen LogP contribution >= 0.6 is 0 Å². The van der Waals surface area contributed by atoms with Crippen LogP contribution in [-0.2, 0) is 4.79 Å². The van der Waals surface area contributed by atoms with Gasteiger partial charge in [0.15, 0.2) is 0 Å². The number of rotatable bonds is 3. The maximum atomic E-state index is 12.9. The number of phenols is 1. The molecule has 2 N–H and O–H groups in total. The van der Waals surface area contributed by atoms with E-state index in [2.05, 4.69) is 0 Å². The van der Waals surface area contributed by atoms with E-state index in [9.17, 15) is 19.8 Å². The molecule has 0 radical (unpaired) electrons. The molecule has 2 aliphatic rings. The molecule has 0 aromatic heterocycles. The Bertz CT molecular complexity index is 675. The Kier molecular flexibility index (Phi) is 4.99. The smallest absolute Gasteiger partial charge is 0.257 e. The van der Waals surface area contributed by atoms with E-state index in [0.717, 1.165) is 19.3 Å². The number of β-amino-alcohol motifs (C(OH)–C–C–N with tert-alkyl or cyclic N) is 1. The summed E-state index contributed by atoms with van der Waals surface area (Å²) in [5, 5.41) is 19.4. The maximum Gasteiger partial charge on any atom is 0.257 e. The maximum absolute atomic E-state index is 12.9. The third kappa shape index (κ3) is 3.49. The Hall–Kier alpha value is -2.08. The number of nitrogens with zero attached hydrogens (tertiary/aromatic N) is 2. The molecule has 0 bridgehead atoms. The van der Waals surface area contributed by atoms with Gasteiger partial charge in [-0.2, -0.15) is 0 Å². The highest BCUT2D eigenvalue weighted by atomic mass is 16.3. The fourth-order valence-corrected chi connectivity index (χ4v) is 4.14. The first-order valence-electron chi connectivity index (χ1n) is 8.92. The van der Waals surface area contributed by atoms with Crippen molar-refractivity contribution in [1.29, 1.82) is 0 Å². The van der Waals surface area contributed by atoms with Gasteiger partial charge in [0.05, 0.1) is 12.2 Å². The number of hydrogen-bond acceptors (Lipinski definition) is 4. The van der Waals surface area contributed by atoms with Crippen molar-refractivity contribution in [1.82, 2.24) is 9.80 Å². The lowest BCUT2D eigenvalue weighted by Crippen LogP contribution is -2.55. The van der Waals surface area contributed by atoms with Crippen molar-refractivity contribution in [2.24, 2.45) is 5.41 Å². The lowest BCUT2D eigenvalue weighted by Gasteiger charge is -2.48. The fourth-order valence-electron chi connectivity index (χ4n) is 4.14. The van der Waals surface area contributed by atoms with Crippen LogP contribution in [0, 0.1) is 12.3 Å². The number of likely N-dealkylation sites (tertiary alicyclic amines) is 2. The number of carbonyl (C=O) groups is 2. The van der Waals surface area contributed by atoms with Gasteiger partial charge in [0.1, 0.15) is 5.75 Å². The molecule has 3 rings (SSSR count). The van der Waals surface area contributed by atoms with Crippen LogP contribution in [0.4, 0.5) is 0 Å². The summed E-state index contributed by atoms with van der Waals surface area (Å²) in [7, 11) is 0. The summed E-state index contributed by atoms with van der Waals surface area (Å²) >= 11 is 0. The molecule has 0 aliphatic carbocycles. The number of carbonyl (C=O) groups excluding carboxylic acids is 2. The van der Waals surface area contributed by atoms with E-state index in [-0.39, 0.29) is 29.6 Å². The molecule has 2 saturated heterocycles. The molecular weight excluding hydrogens is 320 g/mol. The van der Waals surface area contributed by atoms with Crippen molar-refractivity contribution in [2.45, 2.75) is 32.6 Å². The Morgan fingerprint density at radius 3 is 2.84 bits per heavy atom. The second kappa shape index (κ2) is 7.04. The highest BCUT2D eigenvalue weighted by Gasteiger charge is 2.42. The second-order valence-corrected chi connectivity index (χ2v) is 7.34. The quantitative estimate of drug-likeness (QED) is 0.870. The van der Waals surface area contributed by atoms with Crippen LogP contribution in [0.5, 0.6) is 5.75 Å². The van der Waals surface area contributed by atoms with Gasteiger partial charge < -0.3 is 20.0 Å². The number of aryl methyl sites for hydroxylation is 1. The summed E-state index contributed by atoms with van der Waals surface area (Å²) in [5.74, 6) is -0.0156. The predicted molar refractivity (Wildman–Crippen MR) is 93.3 cm³/mol. The Balaban J connectivity index is 1.78. The number of amides is 2. The number of para-hydroxylation sites is 1. The van der Waals surface area contributed by atoms with E-state index in [0.29, 0.717) is 43.7 Å². The van der Waals surface area contributed by atoms with Gasteiger partial charge in [-0.3, -0.25) is 9.59 Å². The minimum atomic E-state index is -0.147. The molecule has 6 heteroatoms. The van der Waals surface area contributed by atoms with Crippen LogP contribution in [-0.4, -0.2) is 64.6 Å². The summed E-state index contributed by atoms with van der Waals surface area (Å²) in [6, 6.07) is 5.22. The van der Waals surface area contributed by atoms with Gasteiger partial charge in [0, 0.05) is 38.0 Å². The molecule has 1 spiro atoms. The van der Waals surface area contributed by atoms with Gasteiger partial charge in [-0.1, -0.05) is 12.1 Å². The number of aromatic hydroxyl groups is 1. The molecule has 2 fully saturated rings. The molecule has 0 saturated carbocycles. The van der Waals surface area contributed by atoms with Gasteiger partial charge in [-0.05, 0) is 37.8 Å². The summed E-state index contributed by atoms with van der Waals surface area (Å²) in [6.07, 6.45) is 3.11. The third-order valence-electron chi connectivity index (χ3n) is 5.53. The van der Waals surface area contributed by atoms with E-state index >= 15 is 0 Å². The standard InChI is InChI=1S/C19H26N2O4/c1-14-4-2-5-15(17(14)24)18(25)21-9-3-7-19(13-21)8-6-16(23)20(12-19)10-11-22/h2,4-5,22,24H,3,6-13H2,1H3/t19-/m1/s1. The third-order valence-corrected chi connectivity index (χ3v) is 5.53.